The lowest BCUT2D eigenvalue weighted by atomic mass is 9.89. The van der Waals surface area contributed by atoms with Crippen molar-refractivity contribution in [1.82, 2.24) is 10.2 Å². The molecule has 1 N–H and O–H groups in total. The van der Waals surface area contributed by atoms with Crippen LogP contribution in [-0.2, 0) is 4.79 Å². The van der Waals surface area contributed by atoms with E-state index in [0.29, 0.717) is 24.6 Å². The Bertz CT molecular complexity index is 962. The van der Waals surface area contributed by atoms with Crippen molar-refractivity contribution >= 4 is 29.1 Å². The van der Waals surface area contributed by atoms with E-state index in [1.165, 1.54) is 18.4 Å². The summed E-state index contributed by atoms with van der Waals surface area (Å²) < 4.78 is 0. The van der Waals surface area contributed by atoms with Crippen LogP contribution in [0.4, 0.5) is 5.69 Å². The van der Waals surface area contributed by atoms with Gasteiger partial charge in [0.1, 0.15) is 6.04 Å². The molecule has 2 aromatic carbocycles. The molecule has 0 aliphatic carbocycles. The van der Waals surface area contributed by atoms with Crippen LogP contribution in [0, 0.1) is 5.92 Å². The SMILES string of the molecule is C.CC(C)[C@@H](NC(=O)c1cccc(N2CCCC2)c1)C(=O)N1CCC(c2ccc(Cl)cc2)CC1. The topological polar surface area (TPSA) is 52.7 Å². The maximum absolute atomic E-state index is 13.4. The second-order valence-corrected chi connectivity index (χ2v) is 10.0. The van der Waals surface area contributed by atoms with Gasteiger partial charge in [-0.1, -0.05) is 51.1 Å². The highest BCUT2D eigenvalue weighted by Gasteiger charge is 2.32. The molecule has 0 spiro atoms. The van der Waals surface area contributed by atoms with E-state index in [4.69, 9.17) is 11.6 Å². The average molecular weight is 484 g/mol. The molecule has 2 heterocycles. The fourth-order valence-electron chi connectivity index (χ4n) is 4.92. The number of benzene rings is 2. The van der Waals surface area contributed by atoms with Crippen LogP contribution in [0.5, 0.6) is 0 Å². The van der Waals surface area contributed by atoms with Crippen molar-refractivity contribution in [2.45, 2.75) is 58.9 Å². The van der Waals surface area contributed by atoms with E-state index in [1.807, 2.05) is 49.1 Å². The molecule has 0 saturated carbocycles. The number of rotatable bonds is 6. The van der Waals surface area contributed by atoms with Crippen LogP contribution < -0.4 is 10.2 Å². The molecule has 2 amide bonds. The molecule has 0 radical (unpaired) electrons. The minimum absolute atomic E-state index is 0. The van der Waals surface area contributed by atoms with Crippen molar-refractivity contribution in [3.63, 3.8) is 0 Å². The van der Waals surface area contributed by atoms with Gasteiger partial charge in [-0.3, -0.25) is 9.59 Å². The van der Waals surface area contributed by atoms with E-state index in [9.17, 15) is 9.59 Å². The van der Waals surface area contributed by atoms with Crippen molar-refractivity contribution in [3.05, 3.63) is 64.7 Å². The number of nitrogens with zero attached hydrogens (tertiary/aromatic N) is 2. The predicted molar refractivity (Wildman–Crippen MR) is 141 cm³/mol. The van der Waals surface area contributed by atoms with Crippen molar-refractivity contribution in [2.75, 3.05) is 31.1 Å². The zero-order valence-corrected chi connectivity index (χ0v) is 20.4. The summed E-state index contributed by atoms with van der Waals surface area (Å²) in [6.45, 7) is 7.45. The zero-order valence-electron chi connectivity index (χ0n) is 19.6. The summed E-state index contributed by atoms with van der Waals surface area (Å²) in [6, 6.07) is 15.2. The molecule has 2 aliphatic rings. The smallest absolute Gasteiger partial charge is 0.252 e. The average Bonchev–Trinajstić information content (AvgIpc) is 3.38. The third-order valence-electron chi connectivity index (χ3n) is 6.95. The van der Waals surface area contributed by atoms with Gasteiger partial charge in [0.2, 0.25) is 5.91 Å². The van der Waals surface area contributed by atoms with Gasteiger partial charge in [-0.15, -0.1) is 0 Å². The summed E-state index contributed by atoms with van der Waals surface area (Å²) in [7, 11) is 0. The van der Waals surface area contributed by atoms with Crippen LogP contribution in [0.25, 0.3) is 0 Å². The molecular weight excluding hydrogens is 446 g/mol. The van der Waals surface area contributed by atoms with Gasteiger partial charge < -0.3 is 15.1 Å². The number of carbonyl (C=O) groups excluding carboxylic acids is 2. The highest BCUT2D eigenvalue weighted by atomic mass is 35.5. The summed E-state index contributed by atoms with van der Waals surface area (Å²) >= 11 is 6.02. The number of hydrogen-bond donors (Lipinski definition) is 1. The summed E-state index contributed by atoms with van der Waals surface area (Å²) in [5, 5.41) is 3.78. The maximum atomic E-state index is 13.4. The Hall–Kier alpha value is -2.53. The highest BCUT2D eigenvalue weighted by Crippen LogP contribution is 2.29. The van der Waals surface area contributed by atoms with Gasteiger partial charge in [0.15, 0.2) is 0 Å². The Morgan fingerprint density at radius 1 is 0.971 bits per heavy atom. The molecular formula is C28H38ClN3O2. The molecule has 0 aromatic heterocycles. The molecule has 2 aromatic rings. The highest BCUT2D eigenvalue weighted by molar-refractivity contribution is 6.30. The van der Waals surface area contributed by atoms with Gasteiger partial charge in [0.25, 0.3) is 5.91 Å². The zero-order chi connectivity index (χ0) is 23.4. The van der Waals surface area contributed by atoms with E-state index in [-0.39, 0.29) is 25.2 Å². The molecule has 2 saturated heterocycles. The third kappa shape index (κ3) is 6.12. The lowest BCUT2D eigenvalue weighted by Crippen LogP contribution is -2.52. The number of halogens is 1. The van der Waals surface area contributed by atoms with Crippen LogP contribution in [0.1, 0.15) is 68.8 Å². The number of piperidine rings is 1. The Labute approximate surface area is 209 Å². The minimum atomic E-state index is -0.528. The van der Waals surface area contributed by atoms with E-state index in [2.05, 4.69) is 28.4 Å². The minimum Gasteiger partial charge on any atom is -0.372 e. The lowest BCUT2D eigenvalue weighted by molar-refractivity contribution is -0.135. The molecule has 0 unspecified atom stereocenters. The molecule has 4 rings (SSSR count). The summed E-state index contributed by atoms with van der Waals surface area (Å²) in [4.78, 5) is 30.7. The Morgan fingerprint density at radius 2 is 1.62 bits per heavy atom. The summed E-state index contributed by atoms with van der Waals surface area (Å²) in [5.74, 6) is 0.284. The Balaban J connectivity index is 0.00000324. The molecule has 34 heavy (non-hydrogen) atoms. The van der Waals surface area contributed by atoms with Crippen LogP contribution in [0.2, 0.25) is 5.02 Å². The number of hydrogen-bond acceptors (Lipinski definition) is 3. The first kappa shape index (κ1) is 26.1. The molecule has 2 fully saturated rings. The standard InChI is InChI=1S/C27H34ClN3O2.CH4/c1-19(2)25(29-26(32)22-6-5-7-24(18-22)30-14-3-4-15-30)27(33)31-16-12-21(13-17-31)20-8-10-23(28)11-9-20;/h5-11,18-19,21,25H,3-4,12-17H2,1-2H3,(H,29,32);1H4/t25-;/m1./s1. The third-order valence-corrected chi connectivity index (χ3v) is 7.20. The largest absolute Gasteiger partial charge is 0.372 e. The first-order valence-electron chi connectivity index (χ1n) is 12.1. The molecule has 2 aliphatic heterocycles. The van der Waals surface area contributed by atoms with Gasteiger partial charge >= 0.3 is 0 Å². The number of amides is 2. The van der Waals surface area contributed by atoms with Crippen LogP contribution in [0.15, 0.2) is 48.5 Å². The summed E-state index contributed by atoms with van der Waals surface area (Å²) in [5.41, 5.74) is 2.97. The monoisotopic (exact) mass is 483 g/mol. The molecule has 5 nitrogen and oxygen atoms in total. The molecule has 1 atom stereocenters. The van der Waals surface area contributed by atoms with Crippen LogP contribution in [0.3, 0.4) is 0 Å². The van der Waals surface area contributed by atoms with Crippen molar-refractivity contribution in [2.24, 2.45) is 5.92 Å². The quantitative estimate of drug-likeness (QED) is 0.570. The number of carbonyl (C=O) groups is 2. The number of likely N-dealkylation sites (tertiary alicyclic amines) is 1. The van der Waals surface area contributed by atoms with E-state index >= 15 is 0 Å². The van der Waals surface area contributed by atoms with Gasteiger partial charge in [-0.05, 0) is 73.4 Å². The van der Waals surface area contributed by atoms with Crippen molar-refractivity contribution < 1.29 is 9.59 Å². The van der Waals surface area contributed by atoms with Gasteiger partial charge in [-0.25, -0.2) is 0 Å². The first-order valence-corrected chi connectivity index (χ1v) is 12.5. The van der Waals surface area contributed by atoms with Crippen LogP contribution in [-0.4, -0.2) is 48.9 Å². The van der Waals surface area contributed by atoms with E-state index in [1.54, 1.807) is 0 Å². The van der Waals surface area contributed by atoms with Crippen molar-refractivity contribution in [3.8, 4) is 0 Å². The van der Waals surface area contributed by atoms with E-state index in [0.717, 1.165) is 36.6 Å². The van der Waals surface area contributed by atoms with Crippen molar-refractivity contribution in [1.29, 1.82) is 0 Å². The van der Waals surface area contributed by atoms with Gasteiger partial charge in [-0.2, -0.15) is 0 Å². The number of anilines is 1. The molecule has 184 valence electrons. The second kappa shape index (κ2) is 11.7. The molecule has 0 bridgehead atoms. The van der Waals surface area contributed by atoms with Crippen LogP contribution >= 0.6 is 11.6 Å². The normalized spacial score (nSPS) is 17.4. The fraction of sp³-hybridized carbons (Fsp3) is 0.500. The fourth-order valence-corrected chi connectivity index (χ4v) is 5.05. The van der Waals surface area contributed by atoms with Gasteiger partial charge in [0, 0.05) is 42.5 Å². The lowest BCUT2D eigenvalue weighted by Gasteiger charge is -2.35. The van der Waals surface area contributed by atoms with E-state index < -0.39 is 6.04 Å². The first-order chi connectivity index (χ1) is 15.9. The molecule has 6 heteroatoms. The number of nitrogens with one attached hydrogen (secondary N) is 1. The maximum Gasteiger partial charge on any atom is 0.252 e. The summed E-state index contributed by atoms with van der Waals surface area (Å²) in [6.07, 6.45) is 4.22. The Kier molecular flexibility index (Phi) is 9.01. The van der Waals surface area contributed by atoms with Gasteiger partial charge in [0.05, 0.1) is 0 Å². The second-order valence-electron chi connectivity index (χ2n) is 9.59. The predicted octanol–water partition coefficient (Wildman–Crippen LogP) is 5.74. The Morgan fingerprint density at radius 3 is 2.24 bits per heavy atom.